The average molecular weight is 203 g/mol. The van der Waals surface area contributed by atoms with Gasteiger partial charge in [0.1, 0.15) is 0 Å². The Morgan fingerprint density at radius 2 is 1.93 bits per heavy atom. The molecule has 3 heterocycles. The van der Waals surface area contributed by atoms with Crippen LogP contribution in [0.15, 0.2) is 30.3 Å². The van der Waals surface area contributed by atoms with Gasteiger partial charge in [0.15, 0.2) is 0 Å². The minimum absolute atomic E-state index is 0.113. The Kier molecular flexibility index (Phi) is 2.26. The molecule has 1 N–H and O–H groups in total. The molecule has 4 rings (SSSR count). The van der Waals surface area contributed by atoms with Crippen molar-refractivity contribution < 1.29 is 5.11 Å². The van der Waals surface area contributed by atoms with E-state index in [0.717, 1.165) is 19.5 Å². The van der Waals surface area contributed by atoms with Gasteiger partial charge in [-0.05, 0) is 24.4 Å². The number of hydrogen-bond acceptors (Lipinski definition) is 2. The highest BCUT2D eigenvalue weighted by Crippen LogP contribution is 2.38. The van der Waals surface area contributed by atoms with E-state index in [1.165, 1.54) is 12.1 Å². The summed E-state index contributed by atoms with van der Waals surface area (Å²) < 4.78 is 0. The van der Waals surface area contributed by atoms with E-state index in [9.17, 15) is 5.11 Å². The molecule has 4 atom stereocenters. The monoisotopic (exact) mass is 203 g/mol. The average Bonchev–Trinajstić information content (AvgIpc) is 2.30. The first-order chi connectivity index (χ1) is 7.34. The number of hydrogen-bond donors (Lipinski definition) is 1. The summed E-state index contributed by atoms with van der Waals surface area (Å²) in [7, 11) is 0. The van der Waals surface area contributed by atoms with E-state index in [1.54, 1.807) is 0 Å². The van der Waals surface area contributed by atoms with Crippen LogP contribution in [-0.4, -0.2) is 35.7 Å². The molecule has 2 heteroatoms. The van der Waals surface area contributed by atoms with Crippen molar-refractivity contribution in [2.45, 2.75) is 18.4 Å². The smallest absolute Gasteiger partial charge is 0.0702 e. The first kappa shape index (κ1) is 9.37. The van der Waals surface area contributed by atoms with Gasteiger partial charge in [0, 0.05) is 19.0 Å². The van der Waals surface area contributed by atoms with Crippen LogP contribution in [0.3, 0.4) is 0 Å². The van der Waals surface area contributed by atoms with E-state index >= 15 is 0 Å². The molecule has 1 unspecified atom stereocenters. The molecule has 2 bridgehead atoms. The molecule has 1 aromatic carbocycles. The summed E-state index contributed by atoms with van der Waals surface area (Å²) in [5, 5.41) is 9.99. The summed E-state index contributed by atoms with van der Waals surface area (Å²) in [6.07, 6.45) is 1.04. The third kappa shape index (κ3) is 1.58. The Morgan fingerprint density at radius 3 is 2.60 bits per heavy atom. The number of fused-ring (bicyclic) bond motifs is 3. The molecule has 0 spiro atoms. The SMILES string of the molecule is O[C@@H]1CN2CC[C@@H]1[C@H](c1ccccc1)C2. The number of aliphatic hydroxyl groups is 1. The highest BCUT2D eigenvalue weighted by molar-refractivity contribution is 5.23. The summed E-state index contributed by atoms with van der Waals surface area (Å²) in [4.78, 5) is 2.39. The lowest BCUT2D eigenvalue weighted by molar-refractivity contribution is -0.0373. The lowest BCUT2D eigenvalue weighted by Crippen LogP contribution is -2.54. The summed E-state index contributed by atoms with van der Waals surface area (Å²) >= 11 is 0. The maximum Gasteiger partial charge on any atom is 0.0702 e. The van der Waals surface area contributed by atoms with Crippen LogP contribution in [-0.2, 0) is 0 Å². The van der Waals surface area contributed by atoms with Crippen molar-refractivity contribution >= 4 is 0 Å². The van der Waals surface area contributed by atoms with Crippen molar-refractivity contribution in [3.63, 3.8) is 0 Å². The number of piperidine rings is 3. The summed E-state index contributed by atoms with van der Waals surface area (Å²) in [5.41, 5.74) is 1.39. The van der Waals surface area contributed by atoms with Crippen molar-refractivity contribution in [3.05, 3.63) is 35.9 Å². The molecule has 2 nitrogen and oxygen atoms in total. The van der Waals surface area contributed by atoms with Crippen molar-refractivity contribution in [2.75, 3.05) is 19.6 Å². The van der Waals surface area contributed by atoms with Gasteiger partial charge in [-0.2, -0.15) is 0 Å². The van der Waals surface area contributed by atoms with Gasteiger partial charge in [0.2, 0.25) is 0 Å². The quantitative estimate of drug-likeness (QED) is 0.747. The van der Waals surface area contributed by atoms with Gasteiger partial charge >= 0.3 is 0 Å². The number of rotatable bonds is 1. The van der Waals surface area contributed by atoms with Gasteiger partial charge in [-0.15, -0.1) is 0 Å². The van der Waals surface area contributed by atoms with Crippen LogP contribution in [0.1, 0.15) is 17.9 Å². The molecule has 0 aliphatic carbocycles. The number of aliphatic hydroxyl groups excluding tert-OH is 1. The zero-order valence-corrected chi connectivity index (χ0v) is 8.84. The first-order valence-corrected chi connectivity index (χ1v) is 5.80. The van der Waals surface area contributed by atoms with E-state index in [-0.39, 0.29) is 6.10 Å². The minimum Gasteiger partial charge on any atom is -0.391 e. The third-order valence-corrected chi connectivity index (χ3v) is 3.92. The molecular weight excluding hydrogens is 186 g/mol. The van der Waals surface area contributed by atoms with Gasteiger partial charge in [0.05, 0.1) is 6.10 Å². The Balaban J connectivity index is 1.88. The molecule has 80 valence electrons. The Bertz CT molecular complexity index is 338. The zero-order valence-electron chi connectivity index (χ0n) is 8.84. The molecule has 3 aliphatic rings. The fourth-order valence-electron chi connectivity index (χ4n) is 3.12. The highest BCUT2D eigenvalue weighted by Gasteiger charge is 2.40. The van der Waals surface area contributed by atoms with E-state index in [1.807, 2.05) is 0 Å². The summed E-state index contributed by atoms with van der Waals surface area (Å²) in [6.45, 7) is 3.19. The Labute approximate surface area is 90.5 Å². The highest BCUT2D eigenvalue weighted by atomic mass is 16.3. The first-order valence-electron chi connectivity index (χ1n) is 5.80. The van der Waals surface area contributed by atoms with E-state index in [2.05, 4.69) is 35.2 Å². The second-order valence-electron chi connectivity index (χ2n) is 4.80. The lowest BCUT2D eigenvalue weighted by atomic mass is 9.74. The van der Waals surface area contributed by atoms with Crippen LogP contribution in [0.5, 0.6) is 0 Å². The van der Waals surface area contributed by atoms with Gasteiger partial charge in [-0.3, -0.25) is 0 Å². The molecule has 3 fully saturated rings. The second-order valence-corrected chi connectivity index (χ2v) is 4.80. The topological polar surface area (TPSA) is 23.5 Å². The van der Waals surface area contributed by atoms with Crippen molar-refractivity contribution in [1.29, 1.82) is 0 Å². The van der Waals surface area contributed by atoms with Crippen LogP contribution < -0.4 is 0 Å². The van der Waals surface area contributed by atoms with Crippen LogP contribution in [0.2, 0.25) is 0 Å². The number of benzene rings is 1. The standard InChI is InChI=1S/C13H17NO/c15-13-9-14-7-6-11(13)12(8-14)10-4-2-1-3-5-10/h1-5,11-13,15H,6-9H2/t11-,12+,13-/m1/s1. The zero-order chi connectivity index (χ0) is 10.3. The van der Waals surface area contributed by atoms with Gasteiger partial charge in [0.25, 0.3) is 0 Å². The van der Waals surface area contributed by atoms with E-state index < -0.39 is 0 Å². The molecule has 3 saturated heterocycles. The summed E-state index contributed by atoms with van der Waals surface area (Å²) in [6, 6.07) is 10.6. The second kappa shape index (κ2) is 3.62. The maximum atomic E-state index is 9.99. The molecule has 0 amide bonds. The normalized spacial score (nSPS) is 39.3. The third-order valence-electron chi connectivity index (χ3n) is 3.92. The summed E-state index contributed by atoms with van der Waals surface area (Å²) in [5.74, 6) is 1.03. The Hall–Kier alpha value is -0.860. The molecular formula is C13H17NO. The van der Waals surface area contributed by atoms with Gasteiger partial charge in [-0.25, -0.2) is 0 Å². The van der Waals surface area contributed by atoms with E-state index in [0.29, 0.717) is 11.8 Å². The minimum atomic E-state index is -0.113. The van der Waals surface area contributed by atoms with Crippen LogP contribution >= 0.6 is 0 Å². The van der Waals surface area contributed by atoms with Gasteiger partial charge < -0.3 is 10.0 Å². The largest absolute Gasteiger partial charge is 0.391 e. The molecule has 0 saturated carbocycles. The van der Waals surface area contributed by atoms with Crippen molar-refractivity contribution in [1.82, 2.24) is 4.90 Å². The molecule has 15 heavy (non-hydrogen) atoms. The van der Waals surface area contributed by atoms with Crippen LogP contribution in [0.25, 0.3) is 0 Å². The van der Waals surface area contributed by atoms with Crippen LogP contribution in [0, 0.1) is 5.92 Å². The molecule has 0 aromatic heterocycles. The predicted octanol–water partition coefficient (Wildman–Crippen LogP) is 1.47. The Morgan fingerprint density at radius 1 is 1.13 bits per heavy atom. The molecule has 0 radical (unpaired) electrons. The fourth-order valence-corrected chi connectivity index (χ4v) is 3.12. The fraction of sp³-hybridized carbons (Fsp3) is 0.538. The molecule has 1 aromatic rings. The van der Waals surface area contributed by atoms with Gasteiger partial charge in [-0.1, -0.05) is 30.3 Å². The maximum absolute atomic E-state index is 9.99. The number of nitrogens with zero attached hydrogens (tertiary/aromatic N) is 1. The lowest BCUT2D eigenvalue weighted by Gasteiger charge is -2.48. The van der Waals surface area contributed by atoms with E-state index in [4.69, 9.17) is 0 Å². The van der Waals surface area contributed by atoms with Crippen LogP contribution in [0.4, 0.5) is 0 Å². The molecule has 3 aliphatic heterocycles. The van der Waals surface area contributed by atoms with Crippen molar-refractivity contribution in [2.24, 2.45) is 5.92 Å². The predicted molar refractivity (Wildman–Crippen MR) is 59.7 cm³/mol. The van der Waals surface area contributed by atoms with Crippen molar-refractivity contribution in [3.8, 4) is 0 Å².